The highest BCUT2D eigenvalue weighted by Crippen LogP contribution is 2.25. The number of allylic oxidation sites excluding steroid dienone is 1. The van der Waals surface area contributed by atoms with E-state index in [1.807, 2.05) is 28.8 Å². The number of amides is 1. The second kappa shape index (κ2) is 9.24. The summed E-state index contributed by atoms with van der Waals surface area (Å²) in [6.45, 7) is 4.39. The average molecular weight is 391 g/mol. The van der Waals surface area contributed by atoms with Gasteiger partial charge in [-0.1, -0.05) is 48.7 Å². The molecule has 1 aliphatic rings. The third-order valence-corrected chi connectivity index (χ3v) is 5.65. The highest BCUT2D eigenvalue weighted by Gasteiger charge is 2.18. The van der Waals surface area contributed by atoms with Gasteiger partial charge in [-0.3, -0.25) is 9.36 Å². The molecule has 1 amide bonds. The summed E-state index contributed by atoms with van der Waals surface area (Å²) in [4.78, 5) is 12.2. The summed E-state index contributed by atoms with van der Waals surface area (Å²) in [5, 5.41) is 13.1. The van der Waals surface area contributed by atoms with Crippen LogP contribution in [0.25, 0.3) is 11.4 Å². The topological polar surface area (TPSA) is 59.8 Å². The minimum Gasteiger partial charge on any atom is -0.353 e. The number of thioether (sulfide) groups is 1. The first-order valence-electron chi connectivity index (χ1n) is 8.89. The molecule has 0 atom stereocenters. The number of carbonyl (C=O) groups is 1. The summed E-state index contributed by atoms with van der Waals surface area (Å²) in [5.74, 6) is 1.15. The minimum atomic E-state index is 0.0584. The van der Waals surface area contributed by atoms with Crippen molar-refractivity contribution < 1.29 is 4.79 Å². The zero-order valence-electron chi connectivity index (χ0n) is 14.7. The first kappa shape index (κ1) is 19.0. The van der Waals surface area contributed by atoms with E-state index in [4.69, 9.17) is 11.6 Å². The number of halogens is 1. The van der Waals surface area contributed by atoms with Crippen molar-refractivity contribution in [3.63, 3.8) is 0 Å². The fraction of sp³-hybridized carbons (Fsp3) is 0.421. The fourth-order valence-corrected chi connectivity index (χ4v) is 4.03. The molecule has 1 saturated carbocycles. The molecule has 1 aliphatic carbocycles. The van der Waals surface area contributed by atoms with Gasteiger partial charge in [0.2, 0.25) is 5.91 Å². The maximum absolute atomic E-state index is 12.2. The van der Waals surface area contributed by atoms with E-state index in [2.05, 4.69) is 22.1 Å². The molecule has 5 nitrogen and oxygen atoms in total. The predicted octanol–water partition coefficient (Wildman–Crippen LogP) is 4.33. The van der Waals surface area contributed by atoms with E-state index in [1.54, 1.807) is 6.08 Å². The highest BCUT2D eigenvalue weighted by molar-refractivity contribution is 7.99. The van der Waals surface area contributed by atoms with Gasteiger partial charge in [0.15, 0.2) is 11.0 Å². The lowest BCUT2D eigenvalue weighted by molar-refractivity contribution is -0.119. The molecule has 0 saturated heterocycles. The molecule has 1 aromatic heterocycles. The van der Waals surface area contributed by atoms with E-state index in [0.717, 1.165) is 24.2 Å². The van der Waals surface area contributed by atoms with Crippen LogP contribution in [0.3, 0.4) is 0 Å². The van der Waals surface area contributed by atoms with Gasteiger partial charge in [-0.05, 0) is 37.1 Å². The van der Waals surface area contributed by atoms with Crippen molar-refractivity contribution in [2.75, 3.05) is 5.75 Å². The molecule has 2 aromatic rings. The number of hydrogen-bond donors (Lipinski definition) is 1. The van der Waals surface area contributed by atoms with Crippen molar-refractivity contribution in [2.45, 2.75) is 49.8 Å². The second-order valence-corrected chi connectivity index (χ2v) is 7.78. The molecule has 1 N–H and O–H groups in total. The molecule has 3 rings (SSSR count). The molecule has 138 valence electrons. The summed E-state index contributed by atoms with van der Waals surface area (Å²) < 4.78 is 1.97. The summed E-state index contributed by atoms with van der Waals surface area (Å²) >= 11 is 7.37. The van der Waals surface area contributed by atoms with Crippen molar-refractivity contribution in [2.24, 2.45) is 0 Å². The summed E-state index contributed by atoms with van der Waals surface area (Å²) in [5.41, 5.74) is 0.933. The Labute approximate surface area is 163 Å². The molecule has 1 aromatic carbocycles. The van der Waals surface area contributed by atoms with Crippen molar-refractivity contribution in [1.29, 1.82) is 0 Å². The monoisotopic (exact) mass is 390 g/mol. The Hall–Kier alpha value is -1.79. The van der Waals surface area contributed by atoms with Crippen molar-refractivity contribution >= 4 is 29.3 Å². The Bertz CT molecular complexity index is 753. The third-order valence-electron chi connectivity index (χ3n) is 4.43. The number of carbonyl (C=O) groups excluding carboxylic acids is 1. The number of benzene rings is 1. The van der Waals surface area contributed by atoms with Gasteiger partial charge in [-0.2, -0.15) is 0 Å². The van der Waals surface area contributed by atoms with Crippen LogP contribution >= 0.6 is 23.4 Å². The molecule has 0 radical (unpaired) electrons. The van der Waals surface area contributed by atoms with Crippen LogP contribution in [0.1, 0.15) is 32.1 Å². The molecule has 0 bridgehead atoms. The molecular formula is C19H23ClN4OS. The van der Waals surface area contributed by atoms with Crippen LogP contribution in [-0.4, -0.2) is 32.5 Å². The van der Waals surface area contributed by atoms with Gasteiger partial charge in [0.1, 0.15) is 0 Å². The van der Waals surface area contributed by atoms with Crippen LogP contribution in [0, 0.1) is 0 Å². The summed E-state index contributed by atoms with van der Waals surface area (Å²) in [7, 11) is 0. The third kappa shape index (κ3) is 4.89. The minimum absolute atomic E-state index is 0.0584. The Morgan fingerprint density at radius 1 is 1.27 bits per heavy atom. The van der Waals surface area contributed by atoms with Crippen LogP contribution in [0.15, 0.2) is 42.1 Å². The van der Waals surface area contributed by atoms with Crippen LogP contribution < -0.4 is 5.32 Å². The number of nitrogens with one attached hydrogen (secondary N) is 1. The number of hydrogen-bond acceptors (Lipinski definition) is 4. The lowest BCUT2D eigenvalue weighted by Gasteiger charge is -2.22. The second-order valence-electron chi connectivity index (χ2n) is 6.40. The molecule has 0 unspecified atom stereocenters. The van der Waals surface area contributed by atoms with E-state index in [-0.39, 0.29) is 5.91 Å². The maximum Gasteiger partial charge on any atom is 0.230 e. The molecule has 7 heteroatoms. The molecular weight excluding hydrogens is 368 g/mol. The average Bonchev–Trinajstić information content (AvgIpc) is 3.05. The van der Waals surface area contributed by atoms with E-state index in [9.17, 15) is 4.79 Å². The quantitative estimate of drug-likeness (QED) is 0.564. The number of nitrogens with zero attached hydrogens (tertiary/aromatic N) is 3. The standard InChI is InChI=1S/C19H23ClN4OS/c1-2-12-24-18(14-8-10-15(20)11-9-14)22-23-19(24)26-13-17(25)21-16-6-4-3-5-7-16/h2,8-11,16H,1,3-7,12-13H2,(H,21,25). The van der Waals surface area contributed by atoms with Gasteiger partial charge in [-0.25, -0.2) is 0 Å². The first-order valence-corrected chi connectivity index (χ1v) is 10.3. The summed E-state index contributed by atoms with van der Waals surface area (Å²) in [6, 6.07) is 7.81. The maximum atomic E-state index is 12.2. The van der Waals surface area contributed by atoms with Gasteiger partial charge in [-0.15, -0.1) is 16.8 Å². The number of rotatable bonds is 7. The SMILES string of the molecule is C=CCn1c(SCC(=O)NC2CCCCC2)nnc1-c1ccc(Cl)cc1. The zero-order chi connectivity index (χ0) is 18.4. The van der Waals surface area contributed by atoms with Crippen molar-refractivity contribution in [1.82, 2.24) is 20.1 Å². The highest BCUT2D eigenvalue weighted by atomic mass is 35.5. The van der Waals surface area contributed by atoms with Crippen LogP contribution in [0.2, 0.25) is 5.02 Å². The van der Waals surface area contributed by atoms with E-state index in [1.165, 1.54) is 31.0 Å². The van der Waals surface area contributed by atoms with Gasteiger partial charge < -0.3 is 5.32 Å². The molecule has 0 aliphatic heterocycles. The Kier molecular flexibility index (Phi) is 6.74. The van der Waals surface area contributed by atoms with E-state index in [0.29, 0.717) is 28.5 Å². The van der Waals surface area contributed by atoms with Crippen LogP contribution in [0.5, 0.6) is 0 Å². The Morgan fingerprint density at radius 2 is 2.00 bits per heavy atom. The van der Waals surface area contributed by atoms with Crippen LogP contribution in [0.4, 0.5) is 0 Å². The van der Waals surface area contributed by atoms with Crippen molar-refractivity contribution in [3.8, 4) is 11.4 Å². The van der Waals surface area contributed by atoms with E-state index >= 15 is 0 Å². The molecule has 1 heterocycles. The van der Waals surface area contributed by atoms with Crippen molar-refractivity contribution in [3.05, 3.63) is 41.9 Å². The molecule has 26 heavy (non-hydrogen) atoms. The largest absolute Gasteiger partial charge is 0.353 e. The zero-order valence-corrected chi connectivity index (χ0v) is 16.2. The van der Waals surface area contributed by atoms with Gasteiger partial charge in [0.25, 0.3) is 0 Å². The Morgan fingerprint density at radius 3 is 2.69 bits per heavy atom. The van der Waals surface area contributed by atoms with E-state index < -0.39 is 0 Å². The fourth-order valence-electron chi connectivity index (χ4n) is 3.15. The molecule has 1 fully saturated rings. The number of aromatic nitrogens is 3. The first-order chi connectivity index (χ1) is 12.7. The smallest absolute Gasteiger partial charge is 0.230 e. The lowest BCUT2D eigenvalue weighted by atomic mass is 9.95. The lowest BCUT2D eigenvalue weighted by Crippen LogP contribution is -2.37. The summed E-state index contributed by atoms with van der Waals surface area (Å²) in [6.07, 6.45) is 7.66. The normalized spacial score (nSPS) is 15.0. The van der Waals surface area contributed by atoms with Crippen LogP contribution in [-0.2, 0) is 11.3 Å². The Balaban J connectivity index is 1.66. The van der Waals surface area contributed by atoms with Gasteiger partial charge in [0.05, 0.1) is 5.75 Å². The molecule has 0 spiro atoms. The van der Waals surface area contributed by atoms with Gasteiger partial charge >= 0.3 is 0 Å². The predicted molar refractivity (Wildman–Crippen MR) is 106 cm³/mol. The van der Waals surface area contributed by atoms with Gasteiger partial charge in [0, 0.05) is 23.2 Å².